The molecule has 2 aliphatic rings. The Hall–Kier alpha value is -0.570. The van der Waals surface area contributed by atoms with Gasteiger partial charge < -0.3 is 10.6 Å². The van der Waals surface area contributed by atoms with Gasteiger partial charge in [-0.25, -0.2) is 0 Å². The number of hydrogen-bond acceptors (Lipinski definition) is 2. The summed E-state index contributed by atoms with van der Waals surface area (Å²) < 4.78 is 0. The molecule has 1 aliphatic heterocycles. The molecule has 0 aromatic heterocycles. The highest BCUT2D eigenvalue weighted by atomic mass is 16.2. The van der Waals surface area contributed by atoms with E-state index in [1.807, 2.05) is 0 Å². The first-order valence-corrected chi connectivity index (χ1v) is 8.37. The molecule has 1 aliphatic carbocycles. The first-order valence-electron chi connectivity index (χ1n) is 8.37. The van der Waals surface area contributed by atoms with Gasteiger partial charge in [0, 0.05) is 24.5 Å². The number of nitrogens with zero attached hydrogens (tertiary/aromatic N) is 1. The topological polar surface area (TPSA) is 46.3 Å². The van der Waals surface area contributed by atoms with Gasteiger partial charge in [-0.1, -0.05) is 27.7 Å². The van der Waals surface area contributed by atoms with E-state index < -0.39 is 0 Å². The van der Waals surface area contributed by atoms with E-state index in [9.17, 15) is 4.79 Å². The number of piperidine rings is 1. The van der Waals surface area contributed by atoms with Crippen molar-refractivity contribution in [1.82, 2.24) is 4.90 Å². The van der Waals surface area contributed by atoms with Crippen LogP contribution in [0.25, 0.3) is 0 Å². The summed E-state index contributed by atoms with van der Waals surface area (Å²) in [4.78, 5) is 15.1. The normalized spacial score (nSPS) is 46.3. The zero-order valence-corrected chi connectivity index (χ0v) is 13.8. The third kappa shape index (κ3) is 3.03. The molecule has 0 radical (unpaired) electrons. The van der Waals surface area contributed by atoms with Crippen molar-refractivity contribution in [3.8, 4) is 0 Å². The summed E-state index contributed by atoms with van der Waals surface area (Å²) in [6.45, 7) is 12.1. The fraction of sp³-hybridized carbons (Fsp3) is 0.941. The predicted octanol–water partition coefficient (Wildman–Crippen LogP) is 2.89. The zero-order chi connectivity index (χ0) is 15.0. The van der Waals surface area contributed by atoms with Crippen molar-refractivity contribution in [3.05, 3.63) is 0 Å². The lowest BCUT2D eigenvalue weighted by Gasteiger charge is -2.45. The lowest BCUT2D eigenvalue weighted by molar-refractivity contribution is -0.145. The number of likely N-dealkylation sites (tertiary alicyclic amines) is 1. The van der Waals surface area contributed by atoms with E-state index in [-0.39, 0.29) is 12.0 Å². The molecule has 2 fully saturated rings. The molecular formula is C17H32N2O. The summed E-state index contributed by atoms with van der Waals surface area (Å²) in [5, 5.41) is 0. The van der Waals surface area contributed by atoms with E-state index in [0.29, 0.717) is 35.6 Å². The Bertz CT molecular complexity index is 357. The first-order chi connectivity index (χ1) is 9.31. The number of amides is 1. The van der Waals surface area contributed by atoms with Gasteiger partial charge in [0.15, 0.2) is 0 Å². The van der Waals surface area contributed by atoms with Gasteiger partial charge >= 0.3 is 0 Å². The number of carbonyl (C=O) groups excluding carboxylic acids is 1. The molecule has 0 aromatic carbocycles. The van der Waals surface area contributed by atoms with Gasteiger partial charge in [-0.2, -0.15) is 0 Å². The van der Waals surface area contributed by atoms with Crippen LogP contribution < -0.4 is 5.73 Å². The van der Waals surface area contributed by atoms with E-state index in [1.165, 1.54) is 6.42 Å². The second kappa shape index (κ2) is 6.05. The Morgan fingerprint density at radius 2 is 1.60 bits per heavy atom. The van der Waals surface area contributed by atoms with Crippen molar-refractivity contribution in [2.45, 2.75) is 66.0 Å². The minimum absolute atomic E-state index is 0.140. The third-order valence-corrected chi connectivity index (χ3v) is 5.89. The molecule has 0 spiro atoms. The lowest BCUT2D eigenvalue weighted by Crippen LogP contribution is -2.53. The number of hydrogen-bond donors (Lipinski definition) is 1. The Balaban J connectivity index is 2.09. The predicted molar refractivity (Wildman–Crippen MR) is 83.1 cm³/mol. The molecule has 3 heteroatoms. The SMILES string of the molecule is CC1CC(C)C(C)N(C(=O)C2CC(N)C(C)CC2C)C1. The molecule has 0 bridgehead atoms. The van der Waals surface area contributed by atoms with Gasteiger partial charge in [-0.05, 0) is 49.9 Å². The lowest BCUT2D eigenvalue weighted by atomic mass is 9.72. The second-order valence-corrected chi connectivity index (χ2v) is 7.75. The second-order valence-electron chi connectivity index (χ2n) is 7.75. The van der Waals surface area contributed by atoms with Crippen molar-refractivity contribution in [2.24, 2.45) is 35.3 Å². The summed E-state index contributed by atoms with van der Waals surface area (Å²) in [7, 11) is 0. The van der Waals surface area contributed by atoms with Gasteiger partial charge in [-0.15, -0.1) is 0 Å². The Labute approximate surface area is 124 Å². The molecule has 1 amide bonds. The molecule has 7 unspecified atom stereocenters. The number of rotatable bonds is 1. The molecule has 2 rings (SSSR count). The summed E-state index contributed by atoms with van der Waals surface area (Å²) in [6.07, 6.45) is 3.19. The van der Waals surface area contributed by atoms with Gasteiger partial charge in [0.25, 0.3) is 0 Å². The van der Waals surface area contributed by atoms with Crippen LogP contribution in [-0.2, 0) is 4.79 Å². The van der Waals surface area contributed by atoms with Crippen LogP contribution in [0.2, 0.25) is 0 Å². The molecule has 116 valence electrons. The average Bonchev–Trinajstić information content (AvgIpc) is 2.37. The monoisotopic (exact) mass is 280 g/mol. The van der Waals surface area contributed by atoms with Crippen molar-refractivity contribution in [3.63, 3.8) is 0 Å². The molecule has 2 N–H and O–H groups in total. The zero-order valence-electron chi connectivity index (χ0n) is 13.8. The van der Waals surface area contributed by atoms with Crippen LogP contribution in [-0.4, -0.2) is 29.4 Å². The van der Waals surface area contributed by atoms with Crippen molar-refractivity contribution in [1.29, 1.82) is 0 Å². The van der Waals surface area contributed by atoms with Crippen LogP contribution in [0.1, 0.15) is 53.9 Å². The maximum Gasteiger partial charge on any atom is 0.226 e. The average molecular weight is 280 g/mol. The highest BCUT2D eigenvalue weighted by Crippen LogP contribution is 2.36. The highest BCUT2D eigenvalue weighted by Gasteiger charge is 2.40. The van der Waals surface area contributed by atoms with E-state index >= 15 is 0 Å². The third-order valence-electron chi connectivity index (χ3n) is 5.89. The summed E-state index contributed by atoms with van der Waals surface area (Å²) in [5.74, 6) is 2.75. The van der Waals surface area contributed by atoms with Gasteiger partial charge in [0.1, 0.15) is 0 Å². The van der Waals surface area contributed by atoms with E-state index in [4.69, 9.17) is 5.73 Å². The quantitative estimate of drug-likeness (QED) is 0.803. The maximum atomic E-state index is 13.0. The number of nitrogens with two attached hydrogens (primary N) is 1. The number of carbonyl (C=O) groups is 1. The van der Waals surface area contributed by atoms with Crippen molar-refractivity contribution < 1.29 is 4.79 Å². The maximum absolute atomic E-state index is 13.0. The molecule has 3 nitrogen and oxygen atoms in total. The van der Waals surface area contributed by atoms with Gasteiger partial charge in [0.2, 0.25) is 5.91 Å². The molecule has 1 saturated heterocycles. The largest absolute Gasteiger partial charge is 0.339 e. The molecule has 20 heavy (non-hydrogen) atoms. The van der Waals surface area contributed by atoms with E-state index in [1.54, 1.807) is 0 Å². The standard InChI is InChI=1S/C17H32N2O/c1-10-6-11(2)14(5)19(9-10)17(20)15-8-16(18)13(4)7-12(15)3/h10-16H,6-9,18H2,1-5H3. The molecule has 0 aromatic rings. The van der Waals surface area contributed by atoms with Crippen molar-refractivity contribution in [2.75, 3.05) is 6.54 Å². The molecule has 1 heterocycles. The smallest absolute Gasteiger partial charge is 0.226 e. The Kier molecular flexibility index (Phi) is 4.78. The minimum Gasteiger partial charge on any atom is -0.339 e. The van der Waals surface area contributed by atoms with E-state index in [0.717, 1.165) is 19.4 Å². The minimum atomic E-state index is 0.140. The Morgan fingerprint density at radius 1 is 0.950 bits per heavy atom. The Morgan fingerprint density at radius 3 is 2.25 bits per heavy atom. The van der Waals surface area contributed by atoms with Gasteiger partial charge in [0.05, 0.1) is 0 Å². The van der Waals surface area contributed by atoms with Crippen LogP contribution in [0.5, 0.6) is 0 Å². The van der Waals surface area contributed by atoms with Crippen molar-refractivity contribution >= 4 is 5.91 Å². The molecule has 7 atom stereocenters. The fourth-order valence-corrected chi connectivity index (χ4v) is 4.25. The molecule has 1 saturated carbocycles. The molecular weight excluding hydrogens is 248 g/mol. The van der Waals surface area contributed by atoms with Crippen LogP contribution in [0.4, 0.5) is 0 Å². The first kappa shape index (κ1) is 15.8. The summed E-state index contributed by atoms with van der Waals surface area (Å²) >= 11 is 0. The van der Waals surface area contributed by atoms with Crippen LogP contribution in [0.3, 0.4) is 0 Å². The van der Waals surface area contributed by atoms with Crippen LogP contribution >= 0.6 is 0 Å². The van der Waals surface area contributed by atoms with Crippen LogP contribution in [0.15, 0.2) is 0 Å². The highest BCUT2D eigenvalue weighted by molar-refractivity contribution is 5.79. The van der Waals surface area contributed by atoms with Gasteiger partial charge in [-0.3, -0.25) is 4.79 Å². The fourth-order valence-electron chi connectivity index (χ4n) is 4.25. The van der Waals surface area contributed by atoms with Crippen LogP contribution in [0, 0.1) is 29.6 Å². The van der Waals surface area contributed by atoms with E-state index in [2.05, 4.69) is 39.5 Å². The summed E-state index contributed by atoms with van der Waals surface area (Å²) in [5.41, 5.74) is 6.22. The summed E-state index contributed by atoms with van der Waals surface area (Å²) in [6, 6.07) is 0.566.